The van der Waals surface area contributed by atoms with Gasteiger partial charge >= 0.3 is 0 Å². The molecule has 116 valence electrons. The van der Waals surface area contributed by atoms with Crippen LogP contribution in [0.3, 0.4) is 0 Å². The Balaban J connectivity index is 0. The van der Waals surface area contributed by atoms with E-state index in [-0.39, 0.29) is 52.6 Å². The summed E-state index contributed by atoms with van der Waals surface area (Å²) in [6.45, 7) is 8.89. The zero-order chi connectivity index (χ0) is 13.2. The van der Waals surface area contributed by atoms with Gasteiger partial charge in [-0.3, -0.25) is 6.08 Å². The minimum atomic E-state index is -1.66. The number of benzene rings is 1. The molecule has 0 spiro atoms. The molecule has 5 heteroatoms. The number of halogens is 2. The quantitative estimate of drug-likeness (QED) is 0.555. The van der Waals surface area contributed by atoms with Gasteiger partial charge in [0.2, 0.25) is 0 Å². The van der Waals surface area contributed by atoms with Crippen LogP contribution in [0, 0.1) is 6.08 Å². The van der Waals surface area contributed by atoms with E-state index < -0.39 is 8.07 Å². The molecule has 1 aromatic carbocycles. The maximum Gasteiger partial charge on any atom is 0.119 e. The topological polar surface area (TPSA) is 9.23 Å². The summed E-state index contributed by atoms with van der Waals surface area (Å²) in [5, 5.41) is 2.76. The summed E-state index contributed by atoms with van der Waals surface area (Å²) in [6, 6.07) is 8.46. The Labute approximate surface area is 157 Å². The van der Waals surface area contributed by atoms with Gasteiger partial charge in [0.25, 0.3) is 0 Å². The van der Waals surface area contributed by atoms with Crippen LogP contribution in [-0.2, 0) is 21.7 Å². The second-order valence-electron chi connectivity index (χ2n) is 5.48. The van der Waals surface area contributed by atoms with Crippen molar-refractivity contribution in [1.29, 1.82) is 0 Å². The molecule has 1 nitrogen and oxygen atoms in total. The molecule has 2 rings (SSSR count). The van der Waals surface area contributed by atoms with Crippen LogP contribution in [0.25, 0.3) is 0 Å². The number of hydrogen-bond acceptors (Lipinski definition) is 1. The Bertz CT molecular complexity index is 499. The predicted octanol–water partition coefficient (Wildman–Crippen LogP) is 4.46. The molecule has 1 aliphatic carbocycles. The van der Waals surface area contributed by atoms with E-state index in [0.29, 0.717) is 0 Å². The molecule has 0 atom stereocenters. The van der Waals surface area contributed by atoms with E-state index in [4.69, 9.17) is 4.74 Å². The van der Waals surface area contributed by atoms with E-state index in [1.807, 2.05) is 6.07 Å². The molecular weight excluding hydrogens is 355 g/mol. The van der Waals surface area contributed by atoms with Gasteiger partial charge in [0.05, 0.1) is 14.2 Å². The van der Waals surface area contributed by atoms with Gasteiger partial charge in [0.15, 0.2) is 0 Å². The molecule has 0 heterocycles. The molecule has 0 aromatic heterocycles. The molecular formula is C16H23Cl2OSiTi-. The summed E-state index contributed by atoms with van der Waals surface area (Å²) in [5.41, 5.74) is 0. The van der Waals surface area contributed by atoms with Gasteiger partial charge in [0, 0.05) is 21.7 Å². The molecule has 0 saturated carbocycles. The molecule has 1 aliphatic rings. The molecule has 0 aliphatic heterocycles. The average Bonchev–Trinajstić information content (AvgIpc) is 2.82. The molecule has 0 unspecified atom stereocenters. The van der Waals surface area contributed by atoms with Crippen molar-refractivity contribution in [2.75, 3.05) is 0 Å². The van der Waals surface area contributed by atoms with Crippen molar-refractivity contribution in [3.8, 4) is 5.75 Å². The van der Waals surface area contributed by atoms with Crippen LogP contribution in [0.4, 0.5) is 0 Å². The van der Waals surface area contributed by atoms with E-state index >= 15 is 0 Å². The third-order valence-corrected chi connectivity index (χ3v) is 6.74. The molecule has 1 aromatic rings. The number of rotatable bonds is 4. The van der Waals surface area contributed by atoms with Crippen molar-refractivity contribution in [2.24, 2.45) is 0 Å². The van der Waals surface area contributed by atoms with Gasteiger partial charge in [-0.15, -0.1) is 31.2 Å². The normalized spacial score (nSPS) is 12.9. The van der Waals surface area contributed by atoms with Crippen LogP contribution in [0.2, 0.25) is 13.1 Å². The summed E-state index contributed by atoms with van der Waals surface area (Å²) < 4.78 is 5.96. The Morgan fingerprint density at radius 1 is 1.14 bits per heavy atom. The van der Waals surface area contributed by atoms with Gasteiger partial charge in [-0.25, -0.2) is 11.3 Å². The minimum absolute atomic E-state index is 0. The standard InChI is InChI=1S/C16H21OSi.2ClH.Ti/c1-13(2)17-15-11-7-8-12-16(15)18(3,4)14-9-5-6-10-14;;;/h5,7-9,11-13H,6H2,1-4H3;2*1H;/q-1;;;. The number of para-hydroxylation sites is 1. The fourth-order valence-corrected chi connectivity index (χ4v) is 4.96. The monoisotopic (exact) mass is 377 g/mol. The molecule has 0 N–H and O–H groups in total. The van der Waals surface area contributed by atoms with Crippen molar-refractivity contribution >= 4 is 38.1 Å². The van der Waals surface area contributed by atoms with Gasteiger partial charge in [0.1, 0.15) is 5.75 Å². The number of hydrogen-bond donors (Lipinski definition) is 0. The zero-order valence-electron chi connectivity index (χ0n) is 13.0. The van der Waals surface area contributed by atoms with E-state index in [1.165, 1.54) is 10.4 Å². The van der Waals surface area contributed by atoms with E-state index in [0.717, 1.165) is 12.2 Å². The maximum absolute atomic E-state index is 5.96. The first kappa shape index (κ1) is 23.3. The van der Waals surface area contributed by atoms with Crippen LogP contribution >= 0.6 is 24.8 Å². The molecule has 0 amide bonds. The first-order chi connectivity index (χ1) is 8.51. The first-order valence-corrected chi connectivity index (χ1v) is 9.56. The van der Waals surface area contributed by atoms with E-state index in [9.17, 15) is 0 Å². The Morgan fingerprint density at radius 3 is 2.29 bits per heavy atom. The van der Waals surface area contributed by atoms with E-state index in [1.54, 1.807) is 0 Å². The van der Waals surface area contributed by atoms with E-state index in [2.05, 4.69) is 63.4 Å². The van der Waals surface area contributed by atoms with Gasteiger partial charge < -0.3 is 4.74 Å². The summed E-state index contributed by atoms with van der Waals surface area (Å²) in [6.07, 6.45) is 9.09. The van der Waals surface area contributed by atoms with Gasteiger partial charge in [-0.05, 0) is 25.1 Å². The molecule has 0 radical (unpaired) electrons. The molecule has 21 heavy (non-hydrogen) atoms. The molecule has 0 fully saturated rings. The number of ether oxygens (including phenoxy) is 1. The summed E-state index contributed by atoms with van der Waals surface area (Å²) in [5.74, 6) is 1.04. The summed E-state index contributed by atoms with van der Waals surface area (Å²) in [7, 11) is -1.66. The largest absolute Gasteiger partial charge is 0.491 e. The number of allylic oxidation sites excluding steroid dienone is 4. The summed E-state index contributed by atoms with van der Waals surface area (Å²) >= 11 is 0. The first-order valence-electron chi connectivity index (χ1n) is 6.56. The van der Waals surface area contributed by atoms with Gasteiger partial charge in [-0.2, -0.15) is 6.08 Å². The second-order valence-corrected chi connectivity index (χ2v) is 9.81. The van der Waals surface area contributed by atoms with Gasteiger partial charge in [-0.1, -0.05) is 31.3 Å². The molecule has 0 saturated heterocycles. The van der Waals surface area contributed by atoms with Crippen LogP contribution < -0.4 is 9.92 Å². The van der Waals surface area contributed by atoms with Crippen molar-refractivity contribution in [1.82, 2.24) is 0 Å². The summed E-state index contributed by atoms with van der Waals surface area (Å²) in [4.78, 5) is 0. The van der Waals surface area contributed by atoms with Crippen LogP contribution in [0.5, 0.6) is 5.75 Å². The predicted molar refractivity (Wildman–Crippen MR) is 94.3 cm³/mol. The van der Waals surface area contributed by atoms with Crippen LogP contribution in [-0.4, -0.2) is 14.2 Å². The smallest absolute Gasteiger partial charge is 0.119 e. The van der Waals surface area contributed by atoms with Crippen molar-refractivity contribution < 1.29 is 26.5 Å². The van der Waals surface area contributed by atoms with Crippen molar-refractivity contribution in [3.63, 3.8) is 0 Å². The van der Waals surface area contributed by atoms with Crippen molar-refractivity contribution in [2.45, 2.75) is 39.5 Å². The fourth-order valence-electron chi connectivity index (χ4n) is 2.32. The molecule has 0 bridgehead atoms. The Hall–Kier alpha value is 0.0112. The second kappa shape index (κ2) is 9.91. The minimum Gasteiger partial charge on any atom is -0.491 e. The van der Waals surface area contributed by atoms with Crippen LogP contribution in [0.1, 0.15) is 20.3 Å². The van der Waals surface area contributed by atoms with Crippen LogP contribution in [0.15, 0.2) is 41.6 Å². The third-order valence-electron chi connectivity index (χ3n) is 3.29. The Kier molecular flexibility index (Phi) is 11.0. The fraction of sp³-hybridized carbons (Fsp3) is 0.375. The average molecular weight is 378 g/mol. The Morgan fingerprint density at radius 2 is 1.76 bits per heavy atom. The third kappa shape index (κ3) is 5.61. The maximum atomic E-state index is 5.96. The SMILES string of the molecule is CC(C)Oc1ccccc1[Si](C)(C)C1=[C-]CC=C1.Cl.Cl.[Ti]. The zero-order valence-corrected chi connectivity index (χ0v) is 17.2. The van der Waals surface area contributed by atoms with Crippen molar-refractivity contribution in [3.05, 3.63) is 47.7 Å².